The average molecular weight is 318 g/mol. The molecule has 0 aromatic carbocycles. The first-order chi connectivity index (χ1) is 9.51. The highest BCUT2D eigenvalue weighted by Crippen LogP contribution is 2.18. The van der Waals surface area contributed by atoms with Crippen LogP contribution in [0.3, 0.4) is 0 Å². The predicted molar refractivity (Wildman–Crippen MR) is 74.7 cm³/mol. The van der Waals surface area contributed by atoms with Gasteiger partial charge in [-0.05, 0) is 32.9 Å². The molecular formula is C13H19FN2O4S. The van der Waals surface area contributed by atoms with Gasteiger partial charge in [0.15, 0.2) is 0 Å². The zero-order chi connectivity index (χ0) is 16.3. The van der Waals surface area contributed by atoms with Gasteiger partial charge in [-0.3, -0.25) is 9.78 Å². The minimum atomic E-state index is -3.84. The Morgan fingerprint density at radius 1 is 1.48 bits per heavy atom. The van der Waals surface area contributed by atoms with E-state index in [2.05, 4.69) is 14.4 Å². The molecule has 1 aromatic rings. The molecule has 1 N–H and O–H groups in total. The molecule has 0 amide bonds. The van der Waals surface area contributed by atoms with Crippen LogP contribution in [-0.4, -0.2) is 31.3 Å². The van der Waals surface area contributed by atoms with Crippen molar-refractivity contribution in [1.82, 2.24) is 9.71 Å². The van der Waals surface area contributed by atoms with Crippen LogP contribution in [0.1, 0.15) is 33.4 Å². The van der Waals surface area contributed by atoms with Crippen molar-refractivity contribution in [3.8, 4) is 0 Å². The van der Waals surface area contributed by atoms with E-state index in [-0.39, 0.29) is 10.6 Å². The van der Waals surface area contributed by atoms with Crippen LogP contribution >= 0.6 is 0 Å². The van der Waals surface area contributed by atoms with Gasteiger partial charge in [0.1, 0.15) is 4.90 Å². The number of sulfonamides is 1. The summed E-state index contributed by atoms with van der Waals surface area (Å²) >= 11 is 0. The first kappa shape index (κ1) is 17.5. The third-order valence-electron chi connectivity index (χ3n) is 2.23. The Morgan fingerprint density at radius 2 is 2.10 bits per heavy atom. The number of nitrogens with zero attached hydrogens (tertiary/aromatic N) is 1. The van der Waals surface area contributed by atoms with Crippen molar-refractivity contribution in [3.63, 3.8) is 0 Å². The summed E-state index contributed by atoms with van der Waals surface area (Å²) in [6.45, 7) is 6.15. The normalized spacial score (nSPS) is 13.8. The summed E-state index contributed by atoms with van der Waals surface area (Å²) in [4.78, 5) is 14.4. The van der Waals surface area contributed by atoms with Gasteiger partial charge in [-0.15, -0.1) is 0 Å². The number of carbonyl (C=O) groups is 1. The summed E-state index contributed by atoms with van der Waals surface area (Å²) in [6.07, 6.45) is -1.02. The quantitative estimate of drug-likeness (QED) is 0.833. The summed E-state index contributed by atoms with van der Waals surface area (Å²) in [5, 5.41) is 0. The average Bonchev–Trinajstić information content (AvgIpc) is 2.24. The second kappa shape index (κ2) is 6.48. The monoisotopic (exact) mass is 318 g/mol. The zero-order valence-electron chi connectivity index (χ0n) is 12.4. The van der Waals surface area contributed by atoms with E-state index in [1.165, 1.54) is 18.3 Å². The number of ether oxygens (including phenoxy) is 1. The lowest BCUT2D eigenvalue weighted by molar-refractivity contribution is -0.154. The van der Waals surface area contributed by atoms with Gasteiger partial charge in [0, 0.05) is 18.7 Å². The maximum Gasteiger partial charge on any atom is 0.305 e. The van der Waals surface area contributed by atoms with E-state index in [1.54, 1.807) is 20.8 Å². The van der Waals surface area contributed by atoms with Crippen molar-refractivity contribution in [2.45, 2.75) is 50.9 Å². The van der Waals surface area contributed by atoms with Gasteiger partial charge in [-0.25, -0.2) is 17.5 Å². The molecule has 0 spiro atoms. The van der Waals surface area contributed by atoms with Crippen LogP contribution < -0.4 is 4.72 Å². The molecule has 0 aliphatic heterocycles. The lowest BCUT2D eigenvalue weighted by atomic mass is 10.1. The Labute approximate surface area is 123 Å². The molecular weight excluding hydrogens is 299 g/mol. The molecule has 0 saturated heterocycles. The highest BCUT2D eigenvalue weighted by Gasteiger charge is 2.26. The van der Waals surface area contributed by atoms with Crippen LogP contribution in [0, 0.1) is 0 Å². The molecule has 1 unspecified atom stereocenters. The van der Waals surface area contributed by atoms with Gasteiger partial charge in [0.05, 0.1) is 12.1 Å². The van der Waals surface area contributed by atoms with Crippen molar-refractivity contribution >= 4 is 16.0 Å². The third-order valence-corrected chi connectivity index (χ3v) is 4.06. The van der Waals surface area contributed by atoms with E-state index < -0.39 is 34.3 Å². The van der Waals surface area contributed by atoms with E-state index in [0.717, 1.165) is 6.92 Å². The van der Waals surface area contributed by atoms with Crippen molar-refractivity contribution in [2.24, 2.45) is 0 Å². The zero-order valence-corrected chi connectivity index (χ0v) is 13.2. The summed E-state index contributed by atoms with van der Waals surface area (Å²) in [5.74, 6) is -0.782. The van der Waals surface area contributed by atoms with Gasteiger partial charge in [0.2, 0.25) is 16.4 Å². The highest BCUT2D eigenvalue weighted by atomic mass is 32.2. The molecule has 0 radical (unpaired) electrons. The number of hydrogen-bond acceptors (Lipinski definition) is 5. The Morgan fingerprint density at radius 3 is 2.62 bits per heavy atom. The second-order valence-corrected chi connectivity index (χ2v) is 7.18. The number of aromatic nitrogens is 1. The van der Waals surface area contributed by atoms with Crippen molar-refractivity contribution in [3.05, 3.63) is 24.0 Å². The summed E-state index contributed by atoms with van der Waals surface area (Å²) in [7, 11) is -3.84. The first-order valence-corrected chi connectivity index (χ1v) is 7.79. The maximum atomic E-state index is 13.5. The number of alkyl halides is 1. The van der Waals surface area contributed by atoms with Crippen LogP contribution in [0.4, 0.5) is 4.39 Å². The fraction of sp³-hybridized carbons (Fsp3) is 0.538. The molecule has 0 bridgehead atoms. The van der Waals surface area contributed by atoms with E-state index in [1.807, 2.05) is 0 Å². The summed E-state index contributed by atoms with van der Waals surface area (Å²) in [6, 6.07) is 2.77. The number of esters is 1. The molecule has 21 heavy (non-hydrogen) atoms. The molecule has 0 aliphatic rings. The fourth-order valence-corrected chi connectivity index (χ4v) is 3.27. The van der Waals surface area contributed by atoms with Crippen molar-refractivity contribution < 1.29 is 22.3 Å². The van der Waals surface area contributed by atoms with Crippen LogP contribution in [0.5, 0.6) is 0 Å². The third kappa shape index (κ3) is 5.76. The van der Waals surface area contributed by atoms with Gasteiger partial charge in [0.25, 0.3) is 0 Å². The van der Waals surface area contributed by atoms with Gasteiger partial charge in [-0.1, -0.05) is 0 Å². The Hall–Kier alpha value is -1.54. The number of pyridine rings is 1. The van der Waals surface area contributed by atoms with E-state index in [0.29, 0.717) is 0 Å². The van der Waals surface area contributed by atoms with Gasteiger partial charge in [-0.2, -0.15) is 0 Å². The Bertz CT molecular complexity index is 611. The number of nitrogens with one attached hydrogen (secondary N) is 1. The Kier molecular flexibility index (Phi) is 5.41. The molecule has 8 heteroatoms. The van der Waals surface area contributed by atoms with E-state index in [4.69, 9.17) is 0 Å². The summed E-state index contributed by atoms with van der Waals surface area (Å²) in [5.41, 5.74) is -0.681. The standard InChI is InChI=1S/C13H19FN2O4S/c1-9(17)20-12(14)8-10-11(6-5-7-15-10)21(18,19)16-13(2,3)4/h5-7,12,16H,8H2,1-4H3. The van der Waals surface area contributed by atoms with Crippen molar-refractivity contribution in [1.29, 1.82) is 0 Å². The molecule has 0 aliphatic carbocycles. The van der Waals surface area contributed by atoms with Crippen LogP contribution in [0.25, 0.3) is 0 Å². The molecule has 118 valence electrons. The lowest BCUT2D eigenvalue weighted by Crippen LogP contribution is -2.41. The molecule has 0 saturated carbocycles. The number of hydrogen-bond donors (Lipinski definition) is 1. The first-order valence-electron chi connectivity index (χ1n) is 6.30. The van der Waals surface area contributed by atoms with Crippen LogP contribution in [0.2, 0.25) is 0 Å². The molecule has 6 nitrogen and oxygen atoms in total. The Balaban J connectivity index is 3.07. The number of carbonyl (C=O) groups excluding carboxylic acids is 1. The molecule has 0 fully saturated rings. The van der Waals surface area contributed by atoms with E-state index >= 15 is 0 Å². The van der Waals surface area contributed by atoms with E-state index in [9.17, 15) is 17.6 Å². The molecule has 1 aromatic heterocycles. The smallest absolute Gasteiger partial charge is 0.305 e. The van der Waals surface area contributed by atoms with Crippen molar-refractivity contribution in [2.75, 3.05) is 0 Å². The fourth-order valence-electron chi connectivity index (χ4n) is 1.65. The van der Waals surface area contributed by atoms with Crippen LogP contribution in [-0.2, 0) is 26.0 Å². The highest BCUT2D eigenvalue weighted by molar-refractivity contribution is 7.89. The molecule has 1 heterocycles. The minimum Gasteiger partial charge on any atom is -0.431 e. The number of rotatable bonds is 5. The predicted octanol–water partition coefficient (Wildman–Crippen LogP) is 1.56. The SMILES string of the molecule is CC(=O)OC(F)Cc1ncccc1S(=O)(=O)NC(C)(C)C. The largest absolute Gasteiger partial charge is 0.431 e. The lowest BCUT2D eigenvalue weighted by Gasteiger charge is -2.21. The summed E-state index contributed by atoms with van der Waals surface area (Å²) < 4.78 is 45.0. The van der Waals surface area contributed by atoms with Gasteiger partial charge >= 0.3 is 5.97 Å². The topological polar surface area (TPSA) is 85.4 Å². The van der Waals surface area contributed by atoms with Gasteiger partial charge < -0.3 is 4.74 Å². The molecule has 1 atom stereocenters. The maximum absolute atomic E-state index is 13.5. The molecule has 1 rings (SSSR count). The van der Waals surface area contributed by atoms with Crippen LogP contribution in [0.15, 0.2) is 23.2 Å². The number of halogens is 1. The second-order valence-electron chi connectivity index (χ2n) is 5.53. The minimum absolute atomic E-state index is 0.00278.